The number of anilines is 1. The molecule has 0 saturated carbocycles. The molecule has 2 aliphatic heterocycles. The van der Waals surface area contributed by atoms with E-state index in [1.807, 2.05) is 0 Å². The summed E-state index contributed by atoms with van der Waals surface area (Å²) in [6, 6.07) is 0. The quantitative estimate of drug-likeness (QED) is 0.0315. The maximum absolute atomic E-state index is 12.6. The van der Waals surface area contributed by atoms with Crippen molar-refractivity contribution in [3.8, 4) is 0 Å². The number of aryl methyl sites for hydroxylation is 1. The molecule has 0 spiro atoms. The largest absolute Gasteiger partial charge is 1.00 e. The topological polar surface area (TPSA) is 368 Å². The third kappa shape index (κ3) is 12.9. The van der Waals surface area contributed by atoms with Crippen LogP contribution in [0.4, 0.5) is 5.95 Å². The second kappa shape index (κ2) is 21.5. The Morgan fingerprint density at radius 2 is 1.55 bits per heavy atom. The van der Waals surface area contributed by atoms with Gasteiger partial charge in [0.15, 0.2) is 23.7 Å². The van der Waals surface area contributed by atoms with E-state index in [0.29, 0.717) is 12.1 Å². The Labute approximate surface area is 357 Å². The van der Waals surface area contributed by atoms with Gasteiger partial charge in [-0.15, -0.1) is 5.10 Å². The Morgan fingerprint density at radius 3 is 2.24 bits per heavy atom. The molecule has 11 atom stereocenters. The van der Waals surface area contributed by atoms with Gasteiger partial charge in [-0.05, 0) is 19.3 Å². The summed E-state index contributed by atoms with van der Waals surface area (Å²) >= 11 is 0. The average Bonchev–Trinajstić information content (AvgIpc) is 3.79. The van der Waals surface area contributed by atoms with E-state index < -0.39 is 83.1 Å². The smallest absolute Gasteiger partial charge is 0.756 e. The number of phosphoric acid groups is 2. The van der Waals surface area contributed by atoms with Crippen LogP contribution in [-0.2, 0) is 44.9 Å². The number of nitrogens with two attached hydrogens (primary N) is 1. The summed E-state index contributed by atoms with van der Waals surface area (Å²) in [7, 11) is -11.8. The first-order valence-corrected chi connectivity index (χ1v) is 19.6. The number of unbranched alkanes of at least 4 members (excludes halogenated alkanes) is 6. The molecule has 298 valence electrons. The van der Waals surface area contributed by atoms with Gasteiger partial charge in [-0.1, -0.05) is 37.3 Å². The number of hydrogen-bond donors (Lipinski definition) is 8. The number of aromatic nitrogens is 7. The van der Waals surface area contributed by atoms with Crippen LogP contribution in [0.1, 0.15) is 56.9 Å². The molecule has 2 unspecified atom stereocenters. The molecule has 2 fully saturated rings. The van der Waals surface area contributed by atoms with Crippen molar-refractivity contribution in [3.05, 3.63) is 28.6 Å². The van der Waals surface area contributed by atoms with Crippen molar-refractivity contribution in [2.75, 3.05) is 18.9 Å². The second-order valence-corrected chi connectivity index (χ2v) is 15.5. The number of aliphatic hydroxyl groups excluding tert-OH is 6. The number of H-pyrrole nitrogens is 1. The zero-order valence-corrected chi connectivity index (χ0v) is 35.8. The molecule has 3 aromatic rings. The summed E-state index contributed by atoms with van der Waals surface area (Å²) in [6.07, 6.45) is -6.30. The minimum atomic E-state index is -5.97. The zero-order chi connectivity index (χ0) is 38.5. The van der Waals surface area contributed by atoms with Crippen molar-refractivity contribution in [3.63, 3.8) is 0 Å². The van der Waals surface area contributed by atoms with Crippen LogP contribution >= 0.6 is 15.6 Å². The van der Waals surface area contributed by atoms with Gasteiger partial charge < -0.3 is 60.2 Å². The van der Waals surface area contributed by atoms with Gasteiger partial charge in [0, 0.05) is 12.8 Å². The molecule has 2 saturated heterocycles. The van der Waals surface area contributed by atoms with Crippen molar-refractivity contribution >= 4 is 32.8 Å². The van der Waals surface area contributed by atoms with Gasteiger partial charge in [0.05, 0.1) is 25.2 Å². The minimum absolute atomic E-state index is 0. The van der Waals surface area contributed by atoms with Crippen molar-refractivity contribution < 1.29 is 132 Å². The summed E-state index contributed by atoms with van der Waals surface area (Å²) in [5.41, 5.74) is 5.17. The molecule has 0 aromatic carbocycles. The van der Waals surface area contributed by atoms with E-state index in [9.17, 15) is 49.2 Å². The molecule has 2 aliphatic rings. The Morgan fingerprint density at radius 1 is 0.891 bits per heavy atom. The van der Waals surface area contributed by atoms with Gasteiger partial charge in [-0.3, -0.25) is 28.0 Å². The predicted octanol–water partition coefficient (Wildman–Crippen LogP) is -9.32. The van der Waals surface area contributed by atoms with E-state index in [-0.39, 0.29) is 89.4 Å². The summed E-state index contributed by atoms with van der Waals surface area (Å²) in [6.45, 7) is -1.17. The predicted molar refractivity (Wildman–Crippen MR) is 172 cm³/mol. The zero-order valence-electron chi connectivity index (χ0n) is 30.0. The normalized spacial score (nSPS) is 29.0. The molecule has 0 radical (unpaired) electrons. The number of rotatable bonds is 19. The molecule has 5 heterocycles. The third-order valence-electron chi connectivity index (χ3n) is 8.60. The monoisotopic (exact) mass is 842 g/mol. The number of ether oxygens (including phenoxy) is 2. The molecular formula is C27H42N8Na2O16P2. The molecule has 0 bridgehead atoms. The van der Waals surface area contributed by atoms with E-state index in [2.05, 4.69) is 38.6 Å². The fourth-order valence-corrected chi connectivity index (χ4v) is 7.95. The molecule has 0 aliphatic carbocycles. The standard InChI is InChI=1S/C27H44N8O16P2.2Na/c28-27-30-23-17(24(42)31-27)29-13-35(23)25-21(40)19(38)16(48-25)12-47-52(43,44)51-53(45,46)50-26-22(41)20(39)18(37)15(49-26)11-34-10-14(32-33-34)8-6-4-2-1-3-5-7-9-36;;/h10,13,15-16,18-22,25-26,36-41H,1-9,11-12H2,(H,43,44)(H,45,46)(H3,28,30,31,42);;/q;2*+1/p-2/t15-,16+,18+,19+,20+,21+,22-,25+,26+;;/m0../s1. The van der Waals surface area contributed by atoms with Crippen LogP contribution in [0.15, 0.2) is 17.3 Å². The van der Waals surface area contributed by atoms with E-state index in [0.717, 1.165) is 55.8 Å². The average molecular weight is 843 g/mol. The summed E-state index contributed by atoms with van der Waals surface area (Å²) < 4.78 is 51.6. The number of aliphatic hydroxyl groups is 6. The van der Waals surface area contributed by atoms with Crippen molar-refractivity contribution in [2.45, 2.75) is 113 Å². The number of nitrogen functional groups attached to an aromatic ring is 1. The first kappa shape index (κ1) is 48.6. The van der Waals surface area contributed by atoms with Crippen molar-refractivity contribution in [1.82, 2.24) is 34.5 Å². The molecule has 0 amide bonds. The van der Waals surface area contributed by atoms with E-state index in [1.165, 1.54) is 4.68 Å². The fourth-order valence-electron chi connectivity index (χ4n) is 5.87. The molecular weight excluding hydrogens is 800 g/mol. The number of nitrogens with zero attached hydrogens (tertiary/aromatic N) is 6. The van der Waals surface area contributed by atoms with Crippen LogP contribution in [0.5, 0.6) is 0 Å². The van der Waals surface area contributed by atoms with Gasteiger partial charge in [-0.2, -0.15) is 4.98 Å². The summed E-state index contributed by atoms with van der Waals surface area (Å²) in [5, 5.41) is 69.1. The molecule has 5 rings (SSSR count). The molecule has 24 nitrogen and oxygen atoms in total. The van der Waals surface area contributed by atoms with E-state index in [4.69, 9.17) is 20.3 Å². The Kier molecular flexibility index (Phi) is 19.0. The maximum Gasteiger partial charge on any atom is 1.00 e. The summed E-state index contributed by atoms with van der Waals surface area (Å²) in [5.74, 6) is -0.290. The third-order valence-corrected chi connectivity index (χ3v) is 11.1. The van der Waals surface area contributed by atoms with E-state index in [1.54, 1.807) is 6.20 Å². The molecule has 55 heavy (non-hydrogen) atoms. The fraction of sp³-hybridized carbons (Fsp3) is 0.741. The van der Waals surface area contributed by atoms with Crippen LogP contribution in [0, 0.1) is 0 Å². The molecule has 9 N–H and O–H groups in total. The number of aromatic amines is 1. The molecule has 28 heteroatoms. The van der Waals surface area contributed by atoms with Crippen molar-refractivity contribution in [2.24, 2.45) is 0 Å². The Balaban J connectivity index is 0.00000406. The van der Waals surface area contributed by atoms with Gasteiger partial charge >= 0.3 is 59.1 Å². The van der Waals surface area contributed by atoms with Crippen LogP contribution in [0.2, 0.25) is 0 Å². The number of imidazole rings is 1. The maximum atomic E-state index is 12.6. The van der Waals surface area contributed by atoms with E-state index >= 15 is 0 Å². The van der Waals surface area contributed by atoms with Crippen molar-refractivity contribution in [1.29, 1.82) is 0 Å². The van der Waals surface area contributed by atoms with Gasteiger partial charge in [-0.25, -0.2) is 14.0 Å². The van der Waals surface area contributed by atoms with Gasteiger partial charge in [0.25, 0.3) is 21.2 Å². The van der Waals surface area contributed by atoms with Crippen LogP contribution < -0.4 is 80.2 Å². The first-order chi connectivity index (χ1) is 25.1. The Hall–Kier alpha value is -0.770. The number of phosphoric ester groups is 2. The Bertz CT molecular complexity index is 1820. The number of nitrogens with one attached hydrogen (secondary N) is 1. The van der Waals surface area contributed by atoms with Gasteiger partial charge in [0.1, 0.15) is 42.7 Å². The number of fused-ring (bicyclic) bond motifs is 1. The number of hydrogen-bond acceptors (Lipinski definition) is 21. The van der Waals surface area contributed by atoms with Gasteiger partial charge in [0.2, 0.25) is 5.95 Å². The first-order valence-electron chi connectivity index (χ1n) is 16.7. The molecule has 3 aromatic heterocycles. The minimum Gasteiger partial charge on any atom is -0.756 e. The van der Waals surface area contributed by atoms with Crippen LogP contribution in [0.25, 0.3) is 11.2 Å². The van der Waals surface area contributed by atoms with Crippen LogP contribution in [-0.4, -0.2) is 127 Å². The SMILES string of the molecule is Nc1nc2c(ncn2[C@@H]2O[C@H](COP(=O)([O-])OP(=O)([O-])O[C@H]3O[C@@H](Cn4cc(CCCCCCCCCO)nn4)[C@@H](O)[C@@H](O)[C@@H]3O)[C@@H](O)[C@H]2O)c(=O)[nH]1.[Na+].[Na+]. The summed E-state index contributed by atoms with van der Waals surface area (Å²) in [4.78, 5) is 47.2. The van der Waals surface area contributed by atoms with Crippen LogP contribution in [0.3, 0.4) is 0 Å². The second-order valence-electron chi connectivity index (χ2n) is 12.6.